The fourth-order valence-electron chi connectivity index (χ4n) is 4.19. The summed E-state index contributed by atoms with van der Waals surface area (Å²) in [5.74, 6) is 0. The molecule has 0 radical (unpaired) electrons. The number of nitriles is 1. The maximum Gasteiger partial charge on any atom is 0.415 e. The van der Waals surface area contributed by atoms with Crippen molar-refractivity contribution in [3.63, 3.8) is 0 Å². The Morgan fingerprint density at radius 1 is 1.23 bits per heavy atom. The van der Waals surface area contributed by atoms with Crippen LogP contribution in [0.5, 0.6) is 0 Å². The van der Waals surface area contributed by atoms with Gasteiger partial charge in [-0.05, 0) is 37.8 Å². The Bertz CT molecular complexity index is 425. The van der Waals surface area contributed by atoms with Crippen molar-refractivity contribution in [2.45, 2.75) is 96.7 Å². The minimum Gasteiger partial charge on any atom is -0.412 e. The highest BCUT2D eigenvalue weighted by atomic mass is 16.5. The molecule has 122 valence electrons. The molecule has 0 amide bonds. The lowest BCUT2D eigenvalue weighted by Gasteiger charge is -2.37. The lowest BCUT2D eigenvalue weighted by Crippen LogP contribution is -2.50. The van der Waals surface area contributed by atoms with E-state index in [9.17, 15) is 0 Å². The Labute approximate surface area is 136 Å². The molecule has 1 heterocycles. The minimum atomic E-state index is 0.0728. The van der Waals surface area contributed by atoms with Crippen LogP contribution in [0.1, 0.15) is 79.1 Å². The Hall–Kier alpha value is -0.785. The van der Waals surface area contributed by atoms with Gasteiger partial charge in [-0.25, -0.2) is 0 Å². The molecule has 2 aliphatic rings. The number of hydrogen-bond acceptors (Lipinski definition) is 3. The highest BCUT2D eigenvalue weighted by molar-refractivity contribution is 6.58. The van der Waals surface area contributed by atoms with Gasteiger partial charge in [-0.1, -0.05) is 58.5 Å². The Balaban J connectivity index is 2.22. The maximum absolute atomic E-state index is 8.81. The highest BCUT2D eigenvalue weighted by Crippen LogP contribution is 2.44. The van der Waals surface area contributed by atoms with Gasteiger partial charge in [0.1, 0.15) is 0 Å². The van der Waals surface area contributed by atoms with Crippen LogP contribution in [0.2, 0.25) is 0 Å². The molecule has 22 heavy (non-hydrogen) atoms. The van der Waals surface area contributed by atoms with E-state index in [-0.39, 0.29) is 12.7 Å². The first-order valence-electron chi connectivity index (χ1n) is 9.00. The van der Waals surface area contributed by atoms with E-state index >= 15 is 0 Å². The second kappa shape index (κ2) is 7.66. The molecule has 1 aliphatic heterocycles. The molecule has 1 spiro atoms. The standard InChI is InChI=1S/C18H31BN2O/c1-15(2)21(16(3)4)19-17(10-6-9-13-20)14-18(22-19)11-7-5-8-12-18/h10,15-16H,5-9,11-12,14H2,1-4H3/b17-10+. The first kappa shape index (κ1) is 17.6. The Morgan fingerprint density at radius 2 is 1.86 bits per heavy atom. The zero-order valence-corrected chi connectivity index (χ0v) is 14.8. The number of nitrogens with zero attached hydrogens (tertiary/aromatic N) is 2. The van der Waals surface area contributed by atoms with Crippen LogP contribution in [-0.2, 0) is 4.65 Å². The Morgan fingerprint density at radius 3 is 2.41 bits per heavy atom. The maximum atomic E-state index is 8.81. The number of rotatable bonds is 5. The van der Waals surface area contributed by atoms with Crippen molar-refractivity contribution in [1.29, 1.82) is 5.26 Å². The molecule has 0 atom stereocenters. The van der Waals surface area contributed by atoms with Gasteiger partial charge in [0.05, 0.1) is 11.7 Å². The molecule has 4 heteroatoms. The number of hydrogen-bond donors (Lipinski definition) is 0. The quantitative estimate of drug-likeness (QED) is 0.554. The second-order valence-electron chi connectivity index (χ2n) is 7.50. The molecule has 3 nitrogen and oxygen atoms in total. The third-order valence-corrected chi connectivity index (χ3v) is 5.10. The smallest absolute Gasteiger partial charge is 0.412 e. The largest absolute Gasteiger partial charge is 0.415 e. The van der Waals surface area contributed by atoms with Gasteiger partial charge in [0.15, 0.2) is 0 Å². The van der Waals surface area contributed by atoms with Gasteiger partial charge in [-0.2, -0.15) is 5.26 Å². The molecule has 0 aromatic carbocycles. The first-order valence-corrected chi connectivity index (χ1v) is 9.00. The summed E-state index contributed by atoms with van der Waals surface area (Å²) in [4.78, 5) is 2.49. The first-order chi connectivity index (χ1) is 10.5. The predicted octanol–water partition coefficient (Wildman–Crippen LogP) is 4.49. The van der Waals surface area contributed by atoms with E-state index in [0.717, 1.165) is 12.8 Å². The van der Waals surface area contributed by atoms with Gasteiger partial charge in [-0.15, -0.1) is 0 Å². The summed E-state index contributed by atoms with van der Waals surface area (Å²) >= 11 is 0. The van der Waals surface area contributed by atoms with Crippen LogP contribution in [0, 0.1) is 11.3 Å². The van der Waals surface area contributed by atoms with Crippen LogP contribution >= 0.6 is 0 Å². The fraction of sp³-hybridized carbons (Fsp3) is 0.833. The zero-order chi connectivity index (χ0) is 16.2. The van der Waals surface area contributed by atoms with Crippen molar-refractivity contribution >= 4 is 7.05 Å². The molecule has 0 unspecified atom stereocenters. The monoisotopic (exact) mass is 302 g/mol. The molecule has 0 bridgehead atoms. The predicted molar refractivity (Wildman–Crippen MR) is 92.3 cm³/mol. The minimum absolute atomic E-state index is 0.0728. The average Bonchev–Trinajstić information content (AvgIpc) is 2.77. The van der Waals surface area contributed by atoms with Crippen molar-refractivity contribution in [1.82, 2.24) is 4.81 Å². The lowest BCUT2D eigenvalue weighted by molar-refractivity contribution is 0.0350. The fourth-order valence-corrected chi connectivity index (χ4v) is 4.19. The number of unbranched alkanes of at least 4 members (excludes halogenated alkanes) is 1. The van der Waals surface area contributed by atoms with Gasteiger partial charge in [0, 0.05) is 6.42 Å². The average molecular weight is 302 g/mol. The topological polar surface area (TPSA) is 36.3 Å². The molecule has 0 aromatic rings. The molecule has 1 saturated carbocycles. The summed E-state index contributed by atoms with van der Waals surface area (Å²) in [5.41, 5.74) is 1.49. The molecule has 2 fully saturated rings. The van der Waals surface area contributed by atoms with Gasteiger partial charge in [0.2, 0.25) is 0 Å². The van der Waals surface area contributed by atoms with Gasteiger partial charge in [0.25, 0.3) is 0 Å². The SMILES string of the molecule is CC(C)N(B1OC2(CCCCC2)C/C1=C\CCC#N)C(C)C. The Kier molecular flexibility index (Phi) is 6.12. The van der Waals surface area contributed by atoms with E-state index in [1.54, 1.807) is 0 Å². The van der Waals surface area contributed by atoms with Crippen molar-refractivity contribution in [3.05, 3.63) is 11.5 Å². The van der Waals surface area contributed by atoms with Gasteiger partial charge in [-0.3, -0.25) is 0 Å². The van der Waals surface area contributed by atoms with E-state index in [2.05, 4.69) is 44.7 Å². The van der Waals surface area contributed by atoms with E-state index in [1.165, 1.54) is 37.6 Å². The molecule has 0 N–H and O–H groups in total. The van der Waals surface area contributed by atoms with Crippen molar-refractivity contribution in [2.24, 2.45) is 0 Å². The molecular formula is C18H31BN2O. The van der Waals surface area contributed by atoms with Crippen LogP contribution < -0.4 is 0 Å². The van der Waals surface area contributed by atoms with E-state index in [0.29, 0.717) is 18.5 Å². The molecule has 0 aromatic heterocycles. The molecular weight excluding hydrogens is 271 g/mol. The van der Waals surface area contributed by atoms with E-state index < -0.39 is 0 Å². The van der Waals surface area contributed by atoms with Crippen LogP contribution in [-0.4, -0.2) is 29.5 Å². The van der Waals surface area contributed by atoms with Gasteiger partial charge >= 0.3 is 7.05 Å². The second-order valence-corrected chi connectivity index (χ2v) is 7.50. The lowest BCUT2D eigenvalue weighted by atomic mass is 9.68. The summed E-state index contributed by atoms with van der Waals surface area (Å²) in [5, 5.41) is 8.81. The summed E-state index contributed by atoms with van der Waals surface area (Å²) in [6, 6.07) is 3.18. The molecule has 1 aliphatic carbocycles. The van der Waals surface area contributed by atoms with Crippen molar-refractivity contribution < 1.29 is 4.65 Å². The van der Waals surface area contributed by atoms with Crippen LogP contribution in [0.3, 0.4) is 0 Å². The van der Waals surface area contributed by atoms with Crippen LogP contribution in [0.4, 0.5) is 0 Å². The third kappa shape index (κ3) is 3.94. The third-order valence-electron chi connectivity index (χ3n) is 5.10. The van der Waals surface area contributed by atoms with E-state index in [1.807, 2.05) is 0 Å². The molecule has 2 rings (SSSR count). The zero-order valence-electron chi connectivity index (χ0n) is 14.8. The summed E-state index contributed by atoms with van der Waals surface area (Å²) in [6.07, 6.45) is 11.1. The highest BCUT2D eigenvalue weighted by Gasteiger charge is 2.49. The van der Waals surface area contributed by atoms with Gasteiger partial charge < -0.3 is 9.47 Å². The van der Waals surface area contributed by atoms with Crippen LogP contribution in [0.25, 0.3) is 0 Å². The molecule has 1 saturated heterocycles. The normalized spacial score (nSPS) is 23.2. The van der Waals surface area contributed by atoms with Crippen molar-refractivity contribution in [3.8, 4) is 6.07 Å². The number of allylic oxidation sites excluding steroid dienone is 1. The van der Waals surface area contributed by atoms with Crippen molar-refractivity contribution in [2.75, 3.05) is 0 Å². The summed E-state index contributed by atoms with van der Waals surface area (Å²) in [7, 11) is 0.108. The summed E-state index contributed by atoms with van der Waals surface area (Å²) < 4.78 is 6.69. The summed E-state index contributed by atoms with van der Waals surface area (Å²) in [6.45, 7) is 9.01. The van der Waals surface area contributed by atoms with Crippen LogP contribution in [0.15, 0.2) is 11.5 Å². The van der Waals surface area contributed by atoms with E-state index in [4.69, 9.17) is 9.92 Å².